The lowest BCUT2D eigenvalue weighted by molar-refractivity contribution is -0.122. The van der Waals surface area contributed by atoms with Crippen molar-refractivity contribution in [2.75, 3.05) is 13.1 Å². The van der Waals surface area contributed by atoms with Crippen LogP contribution in [0.4, 0.5) is 13.2 Å². The summed E-state index contributed by atoms with van der Waals surface area (Å²) in [5.41, 5.74) is 3.51. The van der Waals surface area contributed by atoms with Crippen molar-refractivity contribution >= 4 is 5.91 Å². The summed E-state index contributed by atoms with van der Waals surface area (Å²) in [5.74, 6) is -1.59. The van der Waals surface area contributed by atoms with Crippen LogP contribution in [0.2, 0.25) is 0 Å². The van der Waals surface area contributed by atoms with Crippen molar-refractivity contribution in [2.24, 2.45) is 5.92 Å². The number of hydrogen-bond acceptors (Lipinski definition) is 2. The van der Waals surface area contributed by atoms with Gasteiger partial charge in [0.15, 0.2) is 0 Å². The molecule has 6 heteroatoms. The number of rotatable bonds is 9. The Morgan fingerprint density at radius 1 is 0.718 bits per heavy atom. The maximum atomic E-state index is 13.9. The number of halogens is 3. The first-order valence-corrected chi connectivity index (χ1v) is 13.3. The second-order valence-electron chi connectivity index (χ2n) is 10.1. The fourth-order valence-electron chi connectivity index (χ4n) is 5.64. The molecule has 0 saturated carbocycles. The summed E-state index contributed by atoms with van der Waals surface area (Å²) in [7, 11) is 0. The average molecular weight is 529 g/mol. The molecule has 3 unspecified atom stereocenters. The van der Waals surface area contributed by atoms with Gasteiger partial charge in [0.25, 0.3) is 0 Å². The van der Waals surface area contributed by atoms with E-state index in [0.717, 1.165) is 41.8 Å². The number of hydrogen-bond donors (Lipinski definition) is 2. The fourth-order valence-corrected chi connectivity index (χ4v) is 5.64. The van der Waals surface area contributed by atoms with Gasteiger partial charge >= 0.3 is 0 Å². The topological polar surface area (TPSA) is 41.1 Å². The third-order valence-corrected chi connectivity index (χ3v) is 7.62. The van der Waals surface area contributed by atoms with E-state index >= 15 is 0 Å². The molecule has 1 amide bonds. The van der Waals surface area contributed by atoms with Crippen LogP contribution in [0.15, 0.2) is 103 Å². The lowest BCUT2D eigenvalue weighted by atomic mass is 9.78. The normalized spacial score (nSPS) is 16.7. The molecule has 200 valence electrons. The van der Waals surface area contributed by atoms with Crippen molar-refractivity contribution in [1.82, 2.24) is 10.6 Å². The van der Waals surface area contributed by atoms with Gasteiger partial charge in [-0.1, -0.05) is 66.7 Å². The summed E-state index contributed by atoms with van der Waals surface area (Å²) < 4.78 is 41.2. The Hall–Kier alpha value is -3.90. The zero-order valence-electron chi connectivity index (χ0n) is 21.5. The molecule has 0 aliphatic carbocycles. The molecule has 1 aliphatic heterocycles. The van der Waals surface area contributed by atoms with E-state index in [1.807, 2.05) is 30.3 Å². The second kappa shape index (κ2) is 12.3. The highest BCUT2D eigenvalue weighted by Crippen LogP contribution is 2.35. The lowest BCUT2D eigenvalue weighted by Gasteiger charge is -2.34. The van der Waals surface area contributed by atoms with Gasteiger partial charge in [0.05, 0.1) is 0 Å². The van der Waals surface area contributed by atoms with Gasteiger partial charge in [0.2, 0.25) is 5.91 Å². The summed E-state index contributed by atoms with van der Waals surface area (Å²) in [4.78, 5) is 13.8. The summed E-state index contributed by atoms with van der Waals surface area (Å²) in [6.07, 6.45) is 1.01. The predicted molar refractivity (Wildman–Crippen MR) is 147 cm³/mol. The molecule has 1 heterocycles. The molecular formula is C33H31F3N2O. The van der Waals surface area contributed by atoms with E-state index in [9.17, 15) is 18.0 Å². The van der Waals surface area contributed by atoms with Crippen LogP contribution in [-0.4, -0.2) is 25.0 Å². The molecule has 3 nitrogen and oxygen atoms in total. The Bertz CT molecular complexity index is 1310. The number of amides is 1. The van der Waals surface area contributed by atoms with E-state index in [4.69, 9.17) is 0 Å². The van der Waals surface area contributed by atoms with E-state index in [-0.39, 0.29) is 53.6 Å². The maximum absolute atomic E-state index is 13.9. The Balaban J connectivity index is 1.48. The van der Waals surface area contributed by atoms with Crippen LogP contribution in [0.1, 0.15) is 46.9 Å². The minimum atomic E-state index is -0.380. The van der Waals surface area contributed by atoms with Gasteiger partial charge in [-0.05, 0) is 84.1 Å². The highest BCUT2D eigenvalue weighted by molar-refractivity contribution is 5.78. The first-order valence-electron chi connectivity index (χ1n) is 13.3. The minimum Gasteiger partial charge on any atom is -0.352 e. The van der Waals surface area contributed by atoms with Crippen LogP contribution in [0.3, 0.4) is 0 Å². The van der Waals surface area contributed by atoms with Crippen LogP contribution in [0.25, 0.3) is 0 Å². The van der Waals surface area contributed by atoms with Crippen LogP contribution < -0.4 is 10.6 Å². The Labute approximate surface area is 227 Å². The number of nitrogens with one attached hydrogen (secondary N) is 2. The zero-order chi connectivity index (χ0) is 27.2. The van der Waals surface area contributed by atoms with Crippen molar-refractivity contribution in [2.45, 2.75) is 30.7 Å². The van der Waals surface area contributed by atoms with Gasteiger partial charge in [0.1, 0.15) is 17.5 Å². The Morgan fingerprint density at radius 2 is 1.21 bits per heavy atom. The molecule has 0 spiro atoms. The monoisotopic (exact) mass is 528 g/mol. The van der Waals surface area contributed by atoms with Gasteiger partial charge in [0, 0.05) is 24.3 Å². The van der Waals surface area contributed by atoms with Crippen LogP contribution >= 0.6 is 0 Å². The Kier molecular flexibility index (Phi) is 8.42. The molecule has 39 heavy (non-hydrogen) atoms. The fraction of sp³-hybridized carbons (Fsp3) is 0.242. The summed E-state index contributed by atoms with van der Waals surface area (Å²) in [6, 6.07) is 28.4. The summed E-state index contributed by atoms with van der Waals surface area (Å²) >= 11 is 0. The molecule has 1 saturated heterocycles. The van der Waals surface area contributed by atoms with E-state index in [1.54, 1.807) is 36.4 Å². The first kappa shape index (κ1) is 26.7. The van der Waals surface area contributed by atoms with E-state index in [1.165, 1.54) is 36.4 Å². The molecule has 0 aromatic heterocycles. The highest BCUT2D eigenvalue weighted by atomic mass is 19.1. The van der Waals surface area contributed by atoms with Crippen molar-refractivity contribution in [3.63, 3.8) is 0 Å². The molecule has 5 rings (SSSR count). The van der Waals surface area contributed by atoms with Crippen molar-refractivity contribution in [3.05, 3.63) is 143 Å². The van der Waals surface area contributed by atoms with Gasteiger partial charge in [-0.15, -0.1) is 0 Å². The summed E-state index contributed by atoms with van der Waals surface area (Å²) in [6.45, 7) is 1.62. The third-order valence-electron chi connectivity index (χ3n) is 7.62. The summed E-state index contributed by atoms with van der Waals surface area (Å²) in [5, 5.41) is 6.76. The molecule has 1 fully saturated rings. The molecular weight excluding hydrogens is 497 g/mol. The second-order valence-corrected chi connectivity index (χ2v) is 10.1. The average Bonchev–Trinajstić information content (AvgIpc) is 3.49. The standard InChI is InChI=1S/C33H31F3N2O/c34-27-12-6-22(7-13-27)30(23-8-14-28(35)15-9-23)20-31(39)38-33(26-18-19-37-21-26)32(24-4-2-1-3-5-24)25-10-16-29(36)17-11-25/h1-17,26,30,32-33,37H,18-21H2,(H,38,39). The molecule has 2 N–H and O–H groups in total. The minimum absolute atomic E-state index is 0.110. The number of carbonyl (C=O) groups excluding carboxylic acids is 1. The molecule has 3 atom stereocenters. The quantitative estimate of drug-likeness (QED) is 0.259. The van der Waals surface area contributed by atoms with E-state index in [0.29, 0.717) is 0 Å². The van der Waals surface area contributed by atoms with Crippen LogP contribution in [-0.2, 0) is 4.79 Å². The third kappa shape index (κ3) is 6.58. The highest BCUT2D eigenvalue weighted by Gasteiger charge is 2.35. The van der Waals surface area contributed by atoms with Crippen LogP contribution in [0.5, 0.6) is 0 Å². The van der Waals surface area contributed by atoms with E-state index in [2.05, 4.69) is 10.6 Å². The zero-order valence-corrected chi connectivity index (χ0v) is 21.5. The van der Waals surface area contributed by atoms with Crippen molar-refractivity contribution in [1.29, 1.82) is 0 Å². The van der Waals surface area contributed by atoms with Gasteiger partial charge in [-0.25, -0.2) is 13.2 Å². The SMILES string of the molecule is O=C(CC(c1ccc(F)cc1)c1ccc(F)cc1)NC(C1CCNC1)C(c1ccccc1)c1ccc(F)cc1. The lowest BCUT2D eigenvalue weighted by Crippen LogP contribution is -2.46. The van der Waals surface area contributed by atoms with Gasteiger partial charge < -0.3 is 10.6 Å². The van der Waals surface area contributed by atoms with Gasteiger partial charge in [-0.2, -0.15) is 0 Å². The number of carbonyl (C=O) groups is 1. The predicted octanol–water partition coefficient (Wildman–Crippen LogP) is 6.55. The van der Waals surface area contributed by atoms with Crippen molar-refractivity contribution in [3.8, 4) is 0 Å². The molecule has 1 aliphatic rings. The first-order chi connectivity index (χ1) is 19.0. The van der Waals surface area contributed by atoms with Crippen molar-refractivity contribution < 1.29 is 18.0 Å². The molecule has 4 aromatic rings. The smallest absolute Gasteiger partial charge is 0.221 e. The molecule has 0 radical (unpaired) electrons. The molecule has 4 aromatic carbocycles. The maximum Gasteiger partial charge on any atom is 0.221 e. The Morgan fingerprint density at radius 3 is 1.69 bits per heavy atom. The number of benzene rings is 4. The largest absolute Gasteiger partial charge is 0.352 e. The van der Waals surface area contributed by atoms with E-state index < -0.39 is 0 Å². The van der Waals surface area contributed by atoms with Gasteiger partial charge in [-0.3, -0.25) is 4.79 Å². The molecule has 0 bridgehead atoms. The van der Waals surface area contributed by atoms with Crippen LogP contribution in [0, 0.1) is 23.4 Å².